The minimum atomic E-state index is 0.606. The first-order valence-corrected chi connectivity index (χ1v) is 9.97. The van der Waals surface area contributed by atoms with E-state index in [1.165, 1.54) is 18.5 Å². The summed E-state index contributed by atoms with van der Waals surface area (Å²) in [6.07, 6.45) is 5.21. The van der Waals surface area contributed by atoms with Crippen LogP contribution in [0.3, 0.4) is 0 Å². The monoisotopic (exact) mass is 375 g/mol. The number of hydrogen-bond acceptors (Lipinski definition) is 6. The Balaban J connectivity index is 1.34. The molecule has 0 N–H and O–H groups in total. The number of benzene rings is 1. The van der Waals surface area contributed by atoms with E-state index in [9.17, 15) is 0 Å². The summed E-state index contributed by atoms with van der Waals surface area (Å²) in [7, 11) is 4.09. The van der Waals surface area contributed by atoms with Crippen molar-refractivity contribution < 1.29 is 0 Å². The summed E-state index contributed by atoms with van der Waals surface area (Å²) in [4.78, 5) is 18.5. The number of aromatic nitrogens is 5. The second kappa shape index (κ2) is 6.89. The van der Waals surface area contributed by atoms with E-state index in [0.717, 1.165) is 54.9 Å². The highest BCUT2D eigenvalue weighted by molar-refractivity contribution is 5.63. The first-order valence-electron chi connectivity index (χ1n) is 9.97. The predicted octanol–water partition coefficient (Wildman–Crippen LogP) is 2.74. The molecule has 7 nitrogen and oxygen atoms in total. The average molecular weight is 375 g/mol. The van der Waals surface area contributed by atoms with Gasteiger partial charge in [-0.3, -0.25) is 0 Å². The minimum Gasteiger partial charge on any atom is -0.378 e. The summed E-state index contributed by atoms with van der Waals surface area (Å²) in [5.74, 6) is 3.53. The van der Waals surface area contributed by atoms with Crippen LogP contribution in [0.5, 0.6) is 0 Å². The van der Waals surface area contributed by atoms with Crippen molar-refractivity contribution in [2.75, 3.05) is 37.0 Å². The van der Waals surface area contributed by atoms with Gasteiger partial charge >= 0.3 is 0 Å². The maximum absolute atomic E-state index is 4.84. The molecule has 0 bridgehead atoms. The van der Waals surface area contributed by atoms with E-state index in [1.807, 2.05) is 26.4 Å². The summed E-state index contributed by atoms with van der Waals surface area (Å²) in [5, 5.41) is 4.72. The number of rotatable bonds is 4. The van der Waals surface area contributed by atoms with Crippen LogP contribution < -0.4 is 9.80 Å². The Morgan fingerprint density at radius 3 is 2.54 bits per heavy atom. The fourth-order valence-corrected chi connectivity index (χ4v) is 3.63. The molecule has 0 atom stereocenters. The van der Waals surface area contributed by atoms with Crippen molar-refractivity contribution in [1.82, 2.24) is 24.7 Å². The van der Waals surface area contributed by atoms with Crippen LogP contribution in [0.4, 0.5) is 11.6 Å². The smallest absolute Gasteiger partial charge is 0.225 e. The van der Waals surface area contributed by atoms with Gasteiger partial charge in [-0.15, -0.1) is 0 Å². The zero-order valence-corrected chi connectivity index (χ0v) is 16.4. The van der Waals surface area contributed by atoms with Gasteiger partial charge in [0.2, 0.25) is 5.95 Å². The van der Waals surface area contributed by atoms with Gasteiger partial charge in [-0.25, -0.2) is 19.6 Å². The lowest BCUT2D eigenvalue weighted by atomic mass is 10.1. The Bertz CT molecular complexity index is 947. The summed E-state index contributed by atoms with van der Waals surface area (Å²) in [6.45, 7) is 2.55. The Labute approximate surface area is 165 Å². The van der Waals surface area contributed by atoms with Crippen molar-refractivity contribution in [2.45, 2.75) is 31.7 Å². The summed E-state index contributed by atoms with van der Waals surface area (Å²) in [5.41, 5.74) is 3.23. The van der Waals surface area contributed by atoms with Gasteiger partial charge < -0.3 is 9.80 Å². The Kier molecular flexibility index (Phi) is 4.22. The molecule has 1 fully saturated rings. The highest BCUT2D eigenvalue weighted by Gasteiger charge is 2.29. The third kappa shape index (κ3) is 3.32. The zero-order chi connectivity index (χ0) is 19.1. The molecule has 28 heavy (non-hydrogen) atoms. The van der Waals surface area contributed by atoms with Crippen molar-refractivity contribution in [3.05, 3.63) is 48.2 Å². The van der Waals surface area contributed by atoms with Crippen LogP contribution >= 0.6 is 0 Å². The molecule has 0 amide bonds. The van der Waals surface area contributed by atoms with E-state index in [2.05, 4.69) is 43.7 Å². The van der Waals surface area contributed by atoms with Gasteiger partial charge in [0, 0.05) is 57.0 Å². The molecule has 2 aromatic heterocycles. The quantitative estimate of drug-likeness (QED) is 0.699. The average Bonchev–Trinajstić information content (AvgIpc) is 3.52. The largest absolute Gasteiger partial charge is 0.378 e. The number of anilines is 2. The van der Waals surface area contributed by atoms with Crippen molar-refractivity contribution in [3.63, 3.8) is 0 Å². The van der Waals surface area contributed by atoms with Crippen LogP contribution in [-0.2, 0) is 13.0 Å². The third-order valence-electron chi connectivity index (χ3n) is 5.50. The zero-order valence-electron chi connectivity index (χ0n) is 16.4. The second-order valence-corrected chi connectivity index (χ2v) is 7.80. The molecular weight excluding hydrogens is 350 g/mol. The Morgan fingerprint density at radius 2 is 1.79 bits per heavy atom. The highest BCUT2D eigenvalue weighted by Crippen LogP contribution is 2.38. The fraction of sp³-hybridized carbons (Fsp3) is 0.429. The van der Waals surface area contributed by atoms with Crippen LogP contribution in [0.2, 0.25) is 0 Å². The predicted molar refractivity (Wildman–Crippen MR) is 110 cm³/mol. The summed E-state index contributed by atoms with van der Waals surface area (Å²) >= 11 is 0. The lowest BCUT2D eigenvalue weighted by Gasteiger charge is -2.20. The molecule has 3 aromatic rings. The van der Waals surface area contributed by atoms with Crippen LogP contribution in [-0.4, -0.2) is 51.9 Å². The molecule has 1 saturated carbocycles. The number of fused-ring (bicyclic) bond motifs is 1. The fourth-order valence-electron chi connectivity index (χ4n) is 3.63. The Morgan fingerprint density at radius 1 is 0.964 bits per heavy atom. The SMILES string of the molecule is CN(C)c1ccc(-c2ccnc(N3CCc4nc(C5CC5)nn4CC3)n2)cc1. The topological polar surface area (TPSA) is 63.0 Å². The Hall–Kier alpha value is -2.96. The van der Waals surface area contributed by atoms with Crippen LogP contribution in [0, 0.1) is 0 Å². The molecule has 1 aliphatic carbocycles. The molecule has 7 heteroatoms. The van der Waals surface area contributed by atoms with Gasteiger partial charge in [0.25, 0.3) is 0 Å². The van der Waals surface area contributed by atoms with Gasteiger partial charge in [-0.1, -0.05) is 12.1 Å². The molecule has 3 heterocycles. The van der Waals surface area contributed by atoms with Crippen LogP contribution in [0.25, 0.3) is 11.3 Å². The molecule has 1 aromatic carbocycles. The standard InChI is InChI=1S/C21H25N7/c1-26(2)17-7-5-15(6-8-17)18-9-11-22-21(23-18)27-12-10-19-24-20(16-3-4-16)25-28(19)14-13-27/h5-9,11,16H,3-4,10,12-14H2,1-2H3. The van der Waals surface area contributed by atoms with Crippen molar-refractivity contribution in [2.24, 2.45) is 0 Å². The maximum Gasteiger partial charge on any atom is 0.225 e. The van der Waals surface area contributed by atoms with Gasteiger partial charge in [0.15, 0.2) is 5.82 Å². The second-order valence-electron chi connectivity index (χ2n) is 7.80. The summed E-state index contributed by atoms with van der Waals surface area (Å²) < 4.78 is 2.08. The van der Waals surface area contributed by atoms with Crippen LogP contribution in [0.15, 0.2) is 36.5 Å². The molecule has 2 aliphatic rings. The minimum absolute atomic E-state index is 0.606. The van der Waals surface area contributed by atoms with E-state index in [-0.39, 0.29) is 0 Å². The highest BCUT2D eigenvalue weighted by atomic mass is 15.4. The van der Waals surface area contributed by atoms with Crippen LogP contribution in [0.1, 0.15) is 30.4 Å². The normalized spacial score (nSPS) is 16.6. The van der Waals surface area contributed by atoms with Gasteiger partial charge in [-0.2, -0.15) is 5.10 Å². The van der Waals surface area contributed by atoms with Gasteiger partial charge in [0.1, 0.15) is 5.82 Å². The van der Waals surface area contributed by atoms with Gasteiger partial charge in [0.05, 0.1) is 12.2 Å². The van der Waals surface area contributed by atoms with Crippen molar-refractivity contribution in [1.29, 1.82) is 0 Å². The van der Waals surface area contributed by atoms with E-state index in [1.54, 1.807) is 0 Å². The number of hydrogen-bond donors (Lipinski definition) is 0. The van der Waals surface area contributed by atoms with E-state index in [0.29, 0.717) is 5.92 Å². The van der Waals surface area contributed by atoms with E-state index < -0.39 is 0 Å². The summed E-state index contributed by atoms with van der Waals surface area (Å²) in [6, 6.07) is 10.4. The first kappa shape index (κ1) is 17.2. The number of nitrogens with zero attached hydrogens (tertiary/aromatic N) is 7. The molecule has 0 unspecified atom stereocenters. The van der Waals surface area contributed by atoms with E-state index >= 15 is 0 Å². The molecule has 0 spiro atoms. The molecule has 0 saturated heterocycles. The van der Waals surface area contributed by atoms with Crippen molar-refractivity contribution in [3.8, 4) is 11.3 Å². The third-order valence-corrected chi connectivity index (χ3v) is 5.50. The first-order chi connectivity index (χ1) is 13.7. The van der Waals surface area contributed by atoms with E-state index in [4.69, 9.17) is 15.1 Å². The maximum atomic E-state index is 4.84. The molecular formula is C21H25N7. The van der Waals surface area contributed by atoms with Crippen molar-refractivity contribution >= 4 is 11.6 Å². The molecule has 144 valence electrons. The lowest BCUT2D eigenvalue weighted by Crippen LogP contribution is -2.28. The molecule has 1 aliphatic heterocycles. The molecule has 0 radical (unpaired) electrons. The van der Waals surface area contributed by atoms with Gasteiger partial charge in [-0.05, 0) is 31.0 Å². The molecule has 5 rings (SSSR count). The lowest BCUT2D eigenvalue weighted by molar-refractivity contribution is 0.600.